The van der Waals surface area contributed by atoms with Crippen LogP contribution in [0.4, 0.5) is 0 Å². The number of carbonyl (C=O) groups is 1. The molecule has 2 heteroatoms. The molecule has 0 spiro atoms. The van der Waals surface area contributed by atoms with Gasteiger partial charge < -0.3 is 5.11 Å². The van der Waals surface area contributed by atoms with Gasteiger partial charge in [-0.2, -0.15) is 0 Å². The van der Waals surface area contributed by atoms with Crippen LogP contribution in [-0.4, -0.2) is 11.1 Å². The maximum atomic E-state index is 10.0. The third-order valence-corrected chi connectivity index (χ3v) is 1.49. The third-order valence-electron chi connectivity index (χ3n) is 1.49. The lowest BCUT2D eigenvalue weighted by Crippen LogP contribution is -1.93. The summed E-state index contributed by atoms with van der Waals surface area (Å²) in [5.74, 6) is -0.670. The molecule has 0 aliphatic heterocycles. The first-order chi connectivity index (χ1) is 6.77. The average molecular weight is 204 g/mol. The molecule has 0 aliphatic rings. The van der Waals surface area contributed by atoms with E-state index in [1.54, 1.807) is 0 Å². The molecule has 0 bridgehead atoms. The zero-order valence-electron chi connectivity index (χ0n) is 10.6. The van der Waals surface area contributed by atoms with Crippen LogP contribution in [0.5, 0.6) is 0 Å². The highest BCUT2D eigenvalue weighted by molar-refractivity contribution is 5.66. The fourth-order valence-corrected chi connectivity index (χ4v) is 0.880. The minimum Gasteiger partial charge on any atom is -0.481 e. The Balaban J connectivity index is -0.000000266. The summed E-state index contributed by atoms with van der Waals surface area (Å²) in [5, 5.41) is 8.27. The summed E-state index contributed by atoms with van der Waals surface area (Å²) >= 11 is 0. The monoisotopic (exact) mass is 204 g/mol. The third kappa shape index (κ3) is 30.0. The van der Waals surface area contributed by atoms with Crippen LogP contribution in [0.1, 0.15) is 73.1 Å². The Morgan fingerprint density at radius 2 is 1.36 bits per heavy atom. The van der Waals surface area contributed by atoms with E-state index in [-0.39, 0.29) is 0 Å². The number of carboxylic acids is 1. The first-order valence-electron chi connectivity index (χ1n) is 5.99. The van der Waals surface area contributed by atoms with Gasteiger partial charge in [0.1, 0.15) is 0 Å². The molecule has 2 nitrogen and oxygen atoms in total. The van der Waals surface area contributed by atoms with E-state index in [1.807, 2.05) is 27.7 Å². The highest BCUT2D eigenvalue weighted by Crippen LogP contribution is 2.04. The molecule has 14 heavy (non-hydrogen) atoms. The number of unbranched alkanes of at least 4 members (excludes halogenated alkanes) is 4. The molecule has 0 aromatic carbocycles. The molecule has 88 valence electrons. The van der Waals surface area contributed by atoms with Crippen molar-refractivity contribution in [3.05, 3.63) is 0 Å². The molecule has 0 radical (unpaired) electrons. The van der Waals surface area contributed by atoms with Crippen molar-refractivity contribution in [3.63, 3.8) is 0 Å². The van der Waals surface area contributed by atoms with Gasteiger partial charge in [0.15, 0.2) is 0 Å². The van der Waals surface area contributed by atoms with Gasteiger partial charge in [-0.25, -0.2) is 0 Å². The predicted molar refractivity (Wildman–Crippen MR) is 63.7 cm³/mol. The van der Waals surface area contributed by atoms with Crippen molar-refractivity contribution in [2.75, 3.05) is 0 Å². The van der Waals surface area contributed by atoms with Crippen LogP contribution in [0.25, 0.3) is 0 Å². The number of hydrogen-bond acceptors (Lipinski definition) is 1. The molecular weight excluding hydrogens is 176 g/mol. The molecule has 0 fully saturated rings. The Hall–Kier alpha value is -0.530. The fourth-order valence-electron chi connectivity index (χ4n) is 0.880. The van der Waals surface area contributed by atoms with Gasteiger partial charge in [-0.15, -0.1) is 0 Å². The van der Waals surface area contributed by atoms with Crippen LogP contribution < -0.4 is 0 Å². The summed E-state index contributed by atoms with van der Waals surface area (Å²) in [7, 11) is 0. The van der Waals surface area contributed by atoms with E-state index in [0.717, 1.165) is 12.8 Å². The van der Waals surface area contributed by atoms with Crippen molar-refractivity contribution >= 4 is 5.97 Å². The van der Waals surface area contributed by atoms with Crippen molar-refractivity contribution in [2.45, 2.75) is 73.1 Å². The average Bonchev–Trinajstić information content (AvgIpc) is 2.23. The van der Waals surface area contributed by atoms with Crippen molar-refractivity contribution in [3.8, 4) is 0 Å². The number of aliphatic carboxylic acids is 1. The van der Waals surface area contributed by atoms with Gasteiger partial charge in [0.2, 0.25) is 0 Å². The van der Waals surface area contributed by atoms with Gasteiger partial charge in [-0.05, 0) is 6.42 Å². The molecule has 0 aromatic heterocycles. The van der Waals surface area contributed by atoms with Crippen LogP contribution in [-0.2, 0) is 4.79 Å². The van der Waals surface area contributed by atoms with E-state index < -0.39 is 5.97 Å². The minimum absolute atomic E-state index is 0.337. The molecule has 0 heterocycles. The maximum absolute atomic E-state index is 10.0. The molecule has 0 saturated carbocycles. The van der Waals surface area contributed by atoms with Gasteiger partial charge in [0.25, 0.3) is 0 Å². The Labute approximate surface area is 89.7 Å². The molecule has 0 aliphatic carbocycles. The van der Waals surface area contributed by atoms with Crippen LogP contribution in [0.2, 0.25) is 0 Å². The summed E-state index contributed by atoms with van der Waals surface area (Å²) in [6.45, 7) is 10.1. The molecule has 0 amide bonds. The van der Waals surface area contributed by atoms with Crippen LogP contribution in [0, 0.1) is 0 Å². The Morgan fingerprint density at radius 1 is 0.929 bits per heavy atom. The van der Waals surface area contributed by atoms with Crippen molar-refractivity contribution in [1.82, 2.24) is 0 Å². The highest BCUT2D eigenvalue weighted by Gasteiger charge is 1.94. The van der Waals surface area contributed by atoms with Crippen molar-refractivity contribution in [2.24, 2.45) is 0 Å². The second-order valence-corrected chi connectivity index (χ2v) is 2.56. The Morgan fingerprint density at radius 3 is 1.71 bits per heavy atom. The minimum atomic E-state index is -0.670. The molecule has 0 rings (SSSR count). The highest BCUT2D eigenvalue weighted by atomic mass is 16.4. The molecule has 1 N–H and O–H groups in total. The SMILES string of the molecule is CC.CC.CCCCCCCC(=O)O. The van der Waals surface area contributed by atoms with E-state index in [4.69, 9.17) is 5.11 Å². The summed E-state index contributed by atoms with van der Waals surface area (Å²) in [4.78, 5) is 10.0. The van der Waals surface area contributed by atoms with E-state index in [1.165, 1.54) is 19.3 Å². The molecular formula is C12H28O2. The van der Waals surface area contributed by atoms with Gasteiger partial charge >= 0.3 is 5.97 Å². The fraction of sp³-hybridized carbons (Fsp3) is 0.917. The second kappa shape index (κ2) is 22.9. The van der Waals surface area contributed by atoms with Crippen molar-refractivity contribution in [1.29, 1.82) is 0 Å². The van der Waals surface area contributed by atoms with E-state index in [0.29, 0.717) is 6.42 Å². The normalized spacial score (nSPS) is 7.79. The smallest absolute Gasteiger partial charge is 0.303 e. The summed E-state index contributed by atoms with van der Waals surface area (Å²) < 4.78 is 0. The molecule has 0 atom stereocenters. The van der Waals surface area contributed by atoms with Crippen LogP contribution in [0.15, 0.2) is 0 Å². The van der Waals surface area contributed by atoms with Crippen LogP contribution in [0.3, 0.4) is 0 Å². The van der Waals surface area contributed by atoms with Crippen LogP contribution >= 0.6 is 0 Å². The summed E-state index contributed by atoms with van der Waals surface area (Å²) in [6.07, 6.45) is 5.88. The molecule has 0 aromatic rings. The predicted octanol–water partition coefficient (Wildman–Crippen LogP) is 4.48. The zero-order valence-corrected chi connectivity index (χ0v) is 10.6. The first kappa shape index (κ1) is 19.1. The lowest BCUT2D eigenvalue weighted by molar-refractivity contribution is -0.137. The van der Waals surface area contributed by atoms with E-state index in [2.05, 4.69) is 6.92 Å². The largest absolute Gasteiger partial charge is 0.481 e. The molecule has 0 saturated heterocycles. The van der Waals surface area contributed by atoms with Crippen molar-refractivity contribution < 1.29 is 9.90 Å². The second-order valence-electron chi connectivity index (χ2n) is 2.56. The summed E-state index contributed by atoms with van der Waals surface area (Å²) in [6, 6.07) is 0. The topological polar surface area (TPSA) is 37.3 Å². The Kier molecular flexibility index (Phi) is 31.2. The van der Waals surface area contributed by atoms with Gasteiger partial charge in [0.05, 0.1) is 0 Å². The lowest BCUT2D eigenvalue weighted by atomic mass is 10.1. The molecule has 0 unspecified atom stereocenters. The standard InChI is InChI=1S/C8H16O2.2C2H6/c1-2-3-4-5-6-7-8(9)10;2*1-2/h2-7H2,1H3,(H,9,10);2*1-2H3. The van der Waals surface area contributed by atoms with Gasteiger partial charge in [0, 0.05) is 6.42 Å². The van der Waals surface area contributed by atoms with Gasteiger partial charge in [-0.1, -0.05) is 60.3 Å². The number of carboxylic acid groups (broad SMARTS) is 1. The van der Waals surface area contributed by atoms with E-state index in [9.17, 15) is 4.79 Å². The Bertz CT molecular complexity index is 90.3. The summed E-state index contributed by atoms with van der Waals surface area (Å²) in [5.41, 5.74) is 0. The number of rotatable bonds is 6. The quantitative estimate of drug-likeness (QED) is 0.647. The lowest BCUT2D eigenvalue weighted by Gasteiger charge is -1.95. The first-order valence-corrected chi connectivity index (χ1v) is 5.99. The number of hydrogen-bond donors (Lipinski definition) is 1. The van der Waals surface area contributed by atoms with E-state index >= 15 is 0 Å². The maximum Gasteiger partial charge on any atom is 0.303 e. The zero-order chi connectivity index (χ0) is 11.8. The van der Waals surface area contributed by atoms with Gasteiger partial charge in [-0.3, -0.25) is 4.79 Å².